The lowest BCUT2D eigenvalue weighted by Gasteiger charge is -2.05. The van der Waals surface area contributed by atoms with Crippen molar-refractivity contribution in [2.45, 2.75) is 52.4 Å². The third kappa shape index (κ3) is 8.90. The van der Waals surface area contributed by atoms with Crippen LogP contribution in [0.3, 0.4) is 0 Å². The van der Waals surface area contributed by atoms with Crippen molar-refractivity contribution in [1.29, 1.82) is 0 Å². The molecule has 0 unspecified atom stereocenters. The Balaban J connectivity index is 1.82. The van der Waals surface area contributed by atoms with Gasteiger partial charge in [0, 0.05) is 12.6 Å². The third-order valence-electron chi connectivity index (χ3n) is 4.21. The van der Waals surface area contributed by atoms with Gasteiger partial charge in [-0.15, -0.1) is 0 Å². The molecular formula is C24H29NO5. The van der Waals surface area contributed by atoms with Gasteiger partial charge in [-0.3, -0.25) is 9.79 Å². The SMILES string of the molecule is CCCCCOC(=O)Oc1ccc(N=Cc2ccc(OC(=O)CCCC)cc2)cc1. The van der Waals surface area contributed by atoms with Crippen LogP contribution < -0.4 is 9.47 Å². The third-order valence-corrected chi connectivity index (χ3v) is 4.21. The number of rotatable bonds is 11. The van der Waals surface area contributed by atoms with Crippen LogP contribution >= 0.6 is 0 Å². The number of benzene rings is 2. The van der Waals surface area contributed by atoms with Gasteiger partial charge >= 0.3 is 12.1 Å². The smallest absolute Gasteiger partial charge is 0.434 e. The second-order valence-electron chi connectivity index (χ2n) is 6.81. The van der Waals surface area contributed by atoms with Crippen molar-refractivity contribution in [1.82, 2.24) is 0 Å². The second-order valence-corrected chi connectivity index (χ2v) is 6.81. The fourth-order valence-electron chi connectivity index (χ4n) is 2.51. The standard InChI is InChI=1S/C24H29NO5/c1-3-5-7-17-28-24(27)30-22-15-11-20(12-16-22)25-18-19-9-13-21(14-10-19)29-23(26)8-6-4-2/h9-16,18H,3-8,17H2,1-2H3. The molecule has 0 fully saturated rings. The average molecular weight is 411 g/mol. The van der Waals surface area contributed by atoms with Gasteiger partial charge in [0.25, 0.3) is 0 Å². The van der Waals surface area contributed by atoms with E-state index in [1.165, 1.54) is 0 Å². The van der Waals surface area contributed by atoms with Crippen LogP contribution in [0, 0.1) is 0 Å². The number of nitrogens with zero attached hydrogens (tertiary/aromatic N) is 1. The lowest BCUT2D eigenvalue weighted by molar-refractivity contribution is -0.134. The highest BCUT2D eigenvalue weighted by atomic mass is 16.7. The number of aliphatic imine (C=N–C) groups is 1. The summed E-state index contributed by atoms with van der Waals surface area (Å²) in [5.74, 6) is 0.713. The lowest BCUT2D eigenvalue weighted by atomic mass is 10.2. The van der Waals surface area contributed by atoms with Gasteiger partial charge in [0.05, 0.1) is 12.3 Å². The van der Waals surface area contributed by atoms with Crippen molar-refractivity contribution >= 4 is 24.0 Å². The quantitative estimate of drug-likeness (QED) is 0.144. The van der Waals surface area contributed by atoms with Gasteiger partial charge in [-0.1, -0.05) is 33.1 Å². The molecule has 0 bridgehead atoms. The number of unbranched alkanes of at least 4 members (excludes halogenated alkanes) is 3. The Bertz CT molecular complexity index is 812. The first-order valence-corrected chi connectivity index (χ1v) is 10.4. The molecule has 6 heteroatoms. The number of carbonyl (C=O) groups is 2. The Labute approximate surface area is 177 Å². The minimum absolute atomic E-state index is 0.217. The molecule has 0 spiro atoms. The molecule has 0 aliphatic heterocycles. The average Bonchev–Trinajstić information content (AvgIpc) is 2.76. The van der Waals surface area contributed by atoms with E-state index in [0.29, 0.717) is 30.2 Å². The van der Waals surface area contributed by atoms with Crippen LogP contribution in [0.1, 0.15) is 57.9 Å². The van der Waals surface area contributed by atoms with E-state index < -0.39 is 6.16 Å². The molecule has 6 nitrogen and oxygen atoms in total. The van der Waals surface area contributed by atoms with Crippen LogP contribution in [0.5, 0.6) is 11.5 Å². The van der Waals surface area contributed by atoms with Gasteiger partial charge in [-0.2, -0.15) is 0 Å². The molecule has 2 rings (SSSR count). The van der Waals surface area contributed by atoms with Gasteiger partial charge in [0.1, 0.15) is 11.5 Å². The molecule has 0 N–H and O–H groups in total. The van der Waals surface area contributed by atoms with Crippen LogP contribution in [-0.2, 0) is 9.53 Å². The Hall–Kier alpha value is -3.15. The largest absolute Gasteiger partial charge is 0.513 e. The van der Waals surface area contributed by atoms with Crippen molar-refractivity contribution in [2.75, 3.05) is 6.61 Å². The second kappa shape index (κ2) is 13.1. The summed E-state index contributed by atoms with van der Waals surface area (Å²) in [6.45, 7) is 4.49. The van der Waals surface area contributed by atoms with E-state index in [1.54, 1.807) is 42.6 Å². The summed E-state index contributed by atoms with van der Waals surface area (Å²) in [4.78, 5) is 27.7. The van der Waals surface area contributed by atoms with Gasteiger partial charge < -0.3 is 14.2 Å². The molecule has 0 atom stereocenters. The predicted octanol–water partition coefficient (Wildman–Crippen LogP) is 6.24. The van der Waals surface area contributed by atoms with Gasteiger partial charge in [0.2, 0.25) is 0 Å². The van der Waals surface area contributed by atoms with E-state index in [-0.39, 0.29) is 5.97 Å². The molecule has 0 saturated carbocycles. The number of ether oxygens (including phenoxy) is 3. The molecule has 0 aromatic heterocycles. The highest BCUT2D eigenvalue weighted by Crippen LogP contribution is 2.19. The maximum absolute atomic E-state index is 11.7. The molecule has 0 saturated heterocycles. The van der Waals surface area contributed by atoms with Gasteiger partial charge in [-0.25, -0.2) is 4.79 Å². The fraction of sp³-hybridized carbons (Fsp3) is 0.375. The first kappa shape index (κ1) is 23.1. The Kier molecular flexibility index (Phi) is 10.1. The Morgan fingerprint density at radius 1 is 0.833 bits per heavy atom. The van der Waals surface area contributed by atoms with Crippen LogP contribution in [0.25, 0.3) is 0 Å². The molecular weight excluding hydrogens is 382 g/mol. The summed E-state index contributed by atoms with van der Waals surface area (Å²) in [7, 11) is 0. The summed E-state index contributed by atoms with van der Waals surface area (Å²) >= 11 is 0. The van der Waals surface area contributed by atoms with Crippen LogP contribution in [0.2, 0.25) is 0 Å². The highest BCUT2D eigenvalue weighted by Gasteiger charge is 2.06. The van der Waals surface area contributed by atoms with Crippen molar-refractivity contribution in [3.63, 3.8) is 0 Å². The molecule has 0 heterocycles. The minimum Gasteiger partial charge on any atom is -0.434 e. The molecule has 0 aliphatic rings. The van der Waals surface area contributed by atoms with Crippen molar-refractivity contribution in [2.24, 2.45) is 4.99 Å². The topological polar surface area (TPSA) is 74.2 Å². The van der Waals surface area contributed by atoms with Crippen LogP contribution in [0.15, 0.2) is 53.5 Å². The zero-order valence-corrected chi connectivity index (χ0v) is 17.6. The highest BCUT2D eigenvalue weighted by molar-refractivity contribution is 5.82. The monoisotopic (exact) mass is 411 g/mol. The molecule has 2 aromatic rings. The summed E-state index contributed by atoms with van der Waals surface area (Å²) in [5.41, 5.74) is 1.59. The molecule has 30 heavy (non-hydrogen) atoms. The first-order valence-electron chi connectivity index (χ1n) is 10.4. The summed E-state index contributed by atoms with van der Waals surface area (Å²) < 4.78 is 15.4. The first-order chi connectivity index (χ1) is 14.6. The lowest BCUT2D eigenvalue weighted by Crippen LogP contribution is -2.11. The number of hydrogen-bond donors (Lipinski definition) is 0. The molecule has 160 valence electrons. The van der Waals surface area contributed by atoms with Crippen LogP contribution in [-0.4, -0.2) is 24.9 Å². The predicted molar refractivity (Wildman–Crippen MR) is 117 cm³/mol. The molecule has 0 radical (unpaired) electrons. The maximum atomic E-state index is 11.7. The zero-order chi connectivity index (χ0) is 21.6. The number of hydrogen-bond acceptors (Lipinski definition) is 6. The fourth-order valence-corrected chi connectivity index (χ4v) is 2.51. The molecule has 2 aromatic carbocycles. The van der Waals surface area contributed by atoms with E-state index in [4.69, 9.17) is 14.2 Å². The van der Waals surface area contributed by atoms with E-state index in [9.17, 15) is 9.59 Å². The van der Waals surface area contributed by atoms with E-state index in [1.807, 2.05) is 19.1 Å². The van der Waals surface area contributed by atoms with E-state index in [0.717, 1.165) is 37.7 Å². The minimum atomic E-state index is -0.696. The molecule has 0 aliphatic carbocycles. The zero-order valence-electron chi connectivity index (χ0n) is 17.6. The maximum Gasteiger partial charge on any atom is 0.513 e. The van der Waals surface area contributed by atoms with Crippen molar-refractivity contribution < 1.29 is 23.8 Å². The number of carbonyl (C=O) groups excluding carboxylic acids is 2. The van der Waals surface area contributed by atoms with Crippen molar-refractivity contribution in [3.8, 4) is 11.5 Å². The van der Waals surface area contributed by atoms with Gasteiger partial charge in [0.15, 0.2) is 0 Å². The summed E-state index contributed by atoms with van der Waals surface area (Å²) in [5, 5.41) is 0. The normalized spacial score (nSPS) is 10.7. The molecule has 0 amide bonds. The number of esters is 1. The van der Waals surface area contributed by atoms with Gasteiger partial charge in [-0.05, 0) is 66.9 Å². The Morgan fingerprint density at radius 2 is 1.47 bits per heavy atom. The van der Waals surface area contributed by atoms with Crippen LogP contribution in [0.4, 0.5) is 10.5 Å². The van der Waals surface area contributed by atoms with E-state index >= 15 is 0 Å². The Morgan fingerprint density at radius 3 is 2.13 bits per heavy atom. The summed E-state index contributed by atoms with van der Waals surface area (Å²) in [6.07, 6.45) is 6.15. The van der Waals surface area contributed by atoms with Crippen molar-refractivity contribution in [3.05, 3.63) is 54.1 Å². The van der Waals surface area contributed by atoms with E-state index in [2.05, 4.69) is 11.9 Å². The summed E-state index contributed by atoms with van der Waals surface area (Å²) in [6, 6.07) is 14.0.